The van der Waals surface area contributed by atoms with E-state index < -0.39 is 5.54 Å². The fourth-order valence-electron chi connectivity index (χ4n) is 2.68. The predicted octanol–water partition coefficient (Wildman–Crippen LogP) is 2.92. The molecule has 0 bridgehead atoms. The molecular weight excluding hydrogens is 241 g/mol. The zero-order chi connectivity index (χ0) is 14.0. The van der Waals surface area contributed by atoms with Crippen molar-refractivity contribution in [2.45, 2.75) is 38.3 Å². The number of hydrogen-bond donors (Lipinski definition) is 1. The molecule has 102 valence electrons. The number of nitriles is 1. The standard InChI is InChI=1S/C15H20FN3/c1-11-6-13(16)8-14(7-11)18-15(10-17)4-5-19(3)12(2)9-15/h6-8,12,18H,4-5,9H2,1-3H3. The maximum atomic E-state index is 13.4. The van der Waals surface area contributed by atoms with Gasteiger partial charge in [-0.2, -0.15) is 5.26 Å². The van der Waals surface area contributed by atoms with Crippen LogP contribution in [0.5, 0.6) is 0 Å². The molecule has 0 amide bonds. The summed E-state index contributed by atoms with van der Waals surface area (Å²) >= 11 is 0. The number of piperidine rings is 1. The number of hydrogen-bond acceptors (Lipinski definition) is 3. The molecule has 0 aromatic heterocycles. The monoisotopic (exact) mass is 261 g/mol. The fourth-order valence-corrected chi connectivity index (χ4v) is 2.68. The molecule has 1 aromatic rings. The van der Waals surface area contributed by atoms with Crippen molar-refractivity contribution < 1.29 is 4.39 Å². The number of halogens is 1. The lowest BCUT2D eigenvalue weighted by atomic mass is 9.84. The third-order valence-electron chi connectivity index (χ3n) is 3.93. The summed E-state index contributed by atoms with van der Waals surface area (Å²) in [7, 11) is 2.07. The quantitative estimate of drug-likeness (QED) is 0.889. The highest BCUT2D eigenvalue weighted by Crippen LogP contribution is 2.30. The van der Waals surface area contributed by atoms with Gasteiger partial charge < -0.3 is 10.2 Å². The van der Waals surface area contributed by atoms with Crippen molar-refractivity contribution in [3.8, 4) is 6.07 Å². The molecule has 1 heterocycles. The molecule has 1 N–H and O–H groups in total. The van der Waals surface area contributed by atoms with E-state index in [9.17, 15) is 9.65 Å². The van der Waals surface area contributed by atoms with Gasteiger partial charge in [-0.3, -0.25) is 0 Å². The van der Waals surface area contributed by atoms with Crippen molar-refractivity contribution >= 4 is 5.69 Å². The SMILES string of the molecule is Cc1cc(F)cc(NC2(C#N)CCN(C)C(C)C2)c1. The van der Waals surface area contributed by atoms with E-state index in [1.54, 1.807) is 0 Å². The molecule has 3 nitrogen and oxygen atoms in total. The Bertz CT molecular complexity index is 488. The van der Waals surface area contributed by atoms with Crippen LogP contribution < -0.4 is 5.32 Å². The van der Waals surface area contributed by atoms with Crippen LogP contribution in [-0.2, 0) is 0 Å². The second-order valence-corrected chi connectivity index (χ2v) is 5.62. The first-order valence-corrected chi connectivity index (χ1v) is 6.61. The van der Waals surface area contributed by atoms with Crippen molar-refractivity contribution in [1.29, 1.82) is 5.26 Å². The summed E-state index contributed by atoms with van der Waals surface area (Å²) in [6.07, 6.45) is 1.50. The van der Waals surface area contributed by atoms with Crippen LogP contribution in [-0.4, -0.2) is 30.1 Å². The number of anilines is 1. The zero-order valence-electron chi connectivity index (χ0n) is 11.7. The topological polar surface area (TPSA) is 39.1 Å². The molecule has 2 atom stereocenters. The summed E-state index contributed by atoms with van der Waals surface area (Å²) in [6, 6.07) is 7.56. The second-order valence-electron chi connectivity index (χ2n) is 5.62. The molecule has 19 heavy (non-hydrogen) atoms. The van der Waals surface area contributed by atoms with E-state index in [4.69, 9.17) is 0 Å². The van der Waals surface area contributed by atoms with E-state index in [-0.39, 0.29) is 5.82 Å². The smallest absolute Gasteiger partial charge is 0.128 e. The lowest BCUT2D eigenvalue weighted by Crippen LogP contribution is -2.51. The summed E-state index contributed by atoms with van der Waals surface area (Å²) in [5, 5.41) is 12.8. The van der Waals surface area contributed by atoms with Gasteiger partial charge in [-0.15, -0.1) is 0 Å². The molecule has 1 fully saturated rings. The van der Waals surface area contributed by atoms with E-state index in [0.717, 1.165) is 24.9 Å². The van der Waals surface area contributed by atoms with Crippen molar-refractivity contribution in [2.24, 2.45) is 0 Å². The van der Waals surface area contributed by atoms with Gasteiger partial charge in [0.1, 0.15) is 11.4 Å². The van der Waals surface area contributed by atoms with E-state index in [1.165, 1.54) is 12.1 Å². The molecule has 0 spiro atoms. The number of likely N-dealkylation sites (tertiary alicyclic amines) is 1. The first kappa shape index (κ1) is 13.8. The molecule has 4 heteroatoms. The minimum absolute atomic E-state index is 0.267. The molecule has 0 aliphatic carbocycles. The molecular formula is C15H20FN3. The van der Waals surface area contributed by atoms with Gasteiger partial charge in [0, 0.05) is 18.3 Å². The highest BCUT2D eigenvalue weighted by Gasteiger charge is 2.37. The molecule has 1 aromatic carbocycles. The van der Waals surface area contributed by atoms with Gasteiger partial charge >= 0.3 is 0 Å². The number of aryl methyl sites for hydroxylation is 1. The zero-order valence-corrected chi connectivity index (χ0v) is 11.7. The van der Waals surface area contributed by atoms with Crippen LogP contribution >= 0.6 is 0 Å². The van der Waals surface area contributed by atoms with Gasteiger partial charge in [0.2, 0.25) is 0 Å². The van der Waals surface area contributed by atoms with Crippen molar-refractivity contribution in [2.75, 3.05) is 18.9 Å². The third-order valence-corrected chi connectivity index (χ3v) is 3.93. The highest BCUT2D eigenvalue weighted by atomic mass is 19.1. The summed E-state index contributed by atoms with van der Waals surface area (Å²) in [5.74, 6) is -0.267. The summed E-state index contributed by atoms with van der Waals surface area (Å²) in [4.78, 5) is 2.24. The van der Waals surface area contributed by atoms with E-state index in [2.05, 4.69) is 30.3 Å². The largest absolute Gasteiger partial charge is 0.367 e. The normalized spacial score (nSPS) is 27.8. The Morgan fingerprint density at radius 3 is 2.79 bits per heavy atom. The number of benzene rings is 1. The van der Waals surface area contributed by atoms with Gasteiger partial charge in [-0.05, 0) is 57.5 Å². The molecule has 2 unspecified atom stereocenters. The van der Waals surface area contributed by atoms with Crippen LogP contribution in [0.1, 0.15) is 25.3 Å². The minimum atomic E-state index is -0.591. The van der Waals surface area contributed by atoms with Crippen LogP contribution in [0.2, 0.25) is 0 Å². The lowest BCUT2D eigenvalue weighted by Gasteiger charge is -2.41. The third kappa shape index (κ3) is 3.05. The van der Waals surface area contributed by atoms with Gasteiger partial charge in [0.25, 0.3) is 0 Å². The molecule has 0 radical (unpaired) electrons. The molecule has 0 saturated carbocycles. The van der Waals surface area contributed by atoms with Crippen LogP contribution in [0.25, 0.3) is 0 Å². The predicted molar refractivity (Wildman–Crippen MR) is 74.4 cm³/mol. The first-order valence-electron chi connectivity index (χ1n) is 6.61. The van der Waals surface area contributed by atoms with Crippen molar-refractivity contribution in [3.63, 3.8) is 0 Å². The Balaban J connectivity index is 2.22. The summed E-state index contributed by atoms with van der Waals surface area (Å²) < 4.78 is 13.4. The lowest BCUT2D eigenvalue weighted by molar-refractivity contribution is 0.167. The average Bonchev–Trinajstić information content (AvgIpc) is 2.33. The van der Waals surface area contributed by atoms with Gasteiger partial charge in [0.05, 0.1) is 6.07 Å². The second kappa shape index (κ2) is 5.18. The van der Waals surface area contributed by atoms with Gasteiger partial charge in [-0.25, -0.2) is 4.39 Å². The van der Waals surface area contributed by atoms with E-state index >= 15 is 0 Å². The number of nitrogens with zero attached hydrogens (tertiary/aromatic N) is 2. The van der Waals surface area contributed by atoms with Gasteiger partial charge in [-0.1, -0.05) is 0 Å². The maximum absolute atomic E-state index is 13.4. The Hall–Kier alpha value is -1.60. The summed E-state index contributed by atoms with van der Waals surface area (Å²) in [6.45, 7) is 4.84. The average molecular weight is 261 g/mol. The number of rotatable bonds is 2. The molecule has 1 aliphatic heterocycles. The Kier molecular flexibility index (Phi) is 3.77. The van der Waals surface area contributed by atoms with E-state index in [1.807, 2.05) is 13.0 Å². The maximum Gasteiger partial charge on any atom is 0.128 e. The molecule has 1 aliphatic rings. The molecule has 2 rings (SSSR count). The number of nitrogens with one attached hydrogen (secondary N) is 1. The van der Waals surface area contributed by atoms with Crippen LogP contribution in [0.4, 0.5) is 10.1 Å². The molecule has 1 saturated heterocycles. The van der Waals surface area contributed by atoms with Crippen LogP contribution in [0.15, 0.2) is 18.2 Å². The first-order chi connectivity index (χ1) is 8.94. The Labute approximate surface area is 114 Å². The van der Waals surface area contributed by atoms with Crippen LogP contribution in [0, 0.1) is 24.1 Å². The Morgan fingerprint density at radius 2 is 2.21 bits per heavy atom. The van der Waals surface area contributed by atoms with Crippen molar-refractivity contribution in [1.82, 2.24) is 4.90 Å². The van der Waals surface area contributed by atoms with E-state index in [0.29, 0.717) is 11.7 Å². The fraction of sp³-hybridized carbons (Fsp3) is 0.533. The highest BCUT2D eigenvalue weighted by molar-refractivity contribution is 5.50. The summed E-state index contributed by atoms with van der Waals surface area (Å²) in [5.41, 5.74) is 0.957. The minimum Gasteiger partial charge on any atom is -0.367 e. The van der Waals surface area contributed by atoms with Gasteiger partial charge in [0.15, 0.2) is 0 Å². The Morgan fingerprint density at radius 1 is 1.47 bits per heavy atom. The van der Waals surface area contributed by atoms with Crippen LogP contribution in [0.3, 0.4) is 0 Å². The van der Waals surface area contributed by atoms with Crippen molar-refractivity contribution in [3.05, 3.63) is 29.6 Å².